The molecule has 0 radical (unpaired) electrons. The Morgan fingerprint density at radius 3 is 2.41 bits per heavy atom. The average molecular weight is 362 g/mol. The number of nitrogens with one attached hydrogen (secondary N) is 1. The first-order valence-electron chi connectivity index (χ1n) is 6.84. The molecular weight excluding hydrogens is 346 g/mol. The summed E-state index contributed by atoms with van der Waals surface area (Å²) in [5.74, 6) is -0.850. The average Bonchev–Trinajstić information content (AvgIpc) is 2.53. The van der Waals surface area contributed by atoms with Gasteiger partial charge < -0.3 is 10.1 Å². The van der Waals surface area contributed by atoms with Crippen LogP contribution in [-0.4, -0.2) is 18.5 Å². The summed E-state index contributed by atoms with van der Waals surface area (Å²) in [5.41, 5.74) is 1.39. The highest BCUT2D eigenvalue weighted by Gasteiger charge is 2.14. The maximum absolute atomic E-state index is 11.9. The lowest BCUT2D eigenvalue weighted by atomic mass is 10.1. The molecule has 114 valence electrons. The molecule has 4 nitrogen and oxygen atoms in total. The van der Waals surface area contributed by atoms with Gasteiger partial charge in [-0.2, -0.15) is 0 Å². The first kappa shape index (κ1) is 16.2. The fourth-order valence-electron chi connectivity index (χ4n) is 1.98. The van der Waals surface area contributed by atoms with Crippen LogP contribution >= 0.6 is 15.9 Å². The van der Waals surface area contributed by atoms with Crippen LogP contribution in [0.1, 0.15) is 28.9 Å². The fourth-order valence-corrected chi connectivity index (χ4v) is 2.60. The molecule has 5 heteroatoms. The van der Waals surface area contributed by atoms with Crippen LogP contribution in [0.4, 0.5) is 0 Å². The van der Waals surface area contributed by atoms with Crippen molar-refractivity contribution in [1.29, 1.82) is 0 Å². The van der Waals surface area contributed by atoms with E-state index in [-0.39, 0.29) is 18.6 Å². The molecule has 0 aliphatic rings. The number of hydrogen-bond acceptors (Lipinski definition) is 3. The van der Waals surface area contributed by atoms with Gasteiger partial charge in [-0.1, -0.05) is 52.3 Å². The molecule has 1 amide bonds. The Bertz CT molecular complexity index is 658. The molecule has 22 heavy (non-hydrogen) atoms. The molecule has 0 bridgehead atoms. The fraction of sp³-hybridized carbons (Fsp3) is 0.176. The standard InChI is InChI=1S/C17H16BrNO3/c1-12(14-9-5-6-10-15(14)18)19-16(20)11-22-17(21)13-7-3-2-4-8-13/h2-10,12H,11H2,1H3,(H,19,20)/t12-/m1/s1. The second kappa shape index (κ2) is 7.75. The summed E-state index contributed by atoms with van der Waals surface area (Å²) < 4.78 is 5.91. The quantitative estimate of drug-likeness (QED) is 0.829. The minimum absolute atomic E-state index is 0.182. The summed E-state index contributed by atoms with van der Waals surface area (Å²) in [6, 6.07) is 16.0. The van der Waals surface area contributed by atoms with Gasteiger partial charge in [-0.05, 0) is 30.7 Å². The largest absolute Gasteiger partial charge is 0.452 e. The molecule has 0 aliphatic heterocycles. The van der Waals surface area contributed by atoms with Crippen LogP contribution in [0.2, 0.25) is 0 Å². The normalized spacial score (nSPS) is 11.5. The third-order valence-electron chi connectivity index (χ3n) is 3.09. The highest BCUT2D eigenvalue weighted by molar-refractivity contribution is 9.10. The van der Waals surface area contributed by atoms with E-state index in [0.717, 1.165) is 10.0 Å². The van der Waals surface area contributed by atoms with Gasteiger partial charge in [0.1, 0.15) is 0 Å². The van der Waals surface area contributed by atoms with Crippen molar-refractivity contribution in [3.8, 4) is 0 Å². The summed E-state index contributed by atoms with van der Waals surface area (Å²) in [4.78, 5) is 23.6. The molecule has 2 rings (SSSR count). The van der Waals surface area contributed by atoms with Gasteiger partial charge in [0.15, 0.2) is 6.61 Å². The molecule has 0 unspecified atom stereocenters. The smallest absolute Gasteiger partial charge is 0.338 e. The lowest BCUT2D eigenvalue weighted by molar-refractivity contribution is -0.124. The minimum atomic E-state index is -0.510. The van der Waals surface area contributed by atoms with Crippen LogP contribution in [-0.2, 0) is 9.53 Å². The Balaban J connectivity index is 1.86. The van der Waals surface area contributed by atoms with Crippen LogP contribution < -0.4 is 5.32 Å². The topological polar surface area (TPSA) is 55.4 Å². The third-order valence-corrected chi connectivity index (χ3v) is 3.82. The predicted molar refractivity (Wildman–Crippen MR) is 87.4 cm³/mol. The van der Waals surface area contributed by atoms with E-state index in [0.29, 0.717) is 5.56 Å². The van der Waals surface area contributed by atoms with E-state index in [9.17, 15) is 9.59 Å². The van der Waals surface area contributed by atoms with Gasteiger partial charge in [0.05, 0.1) is 11.6 Å². The zero-order valence-electron chi connectivity index (χ0n) is 12.1. The van der Waals surface area contributed by atoms with Crippen LogP contribution in [0.3, 0.4) is 0 Å². The van der Waals surface area contributed by atoms with Crippen molar-refractivity contribution in [1.82, 2.24) is 5.32 Å². The van der Waals surface area contributed by atoms with E-state index in [4.69, 9.17) is 4.74 Å². The Morgan fingerprint density at radius 1 is 1.09 bits per heavy atom. The molecule has 0 fully saturated rings. The van der Waals surface area contributed by atoms with E-state index >= 15 is 0 Å². The number of carbonyl (C=O) groups is 2. The van der Waals surface area contributed by atoms with E-state index in [1.165, 1.54) is 0 Å². The summed E-state index contributed by atoms with van der Waals surface area (Å²) in [6.07, 6.45) is 0. The Kier molecular flexibility index (Phi) is 5.72. The molecule has 2 aromatic rings. The molecule has 0 spiro atoms. The van der Waals surface area contributed by atoms with Gasteiger partial charge >= 0.3 is 5.97 Å². The number of esters is 1. The number of amides is 1. The van der Waals surface area contributed by atoms with E-state index in [2.05, 4.69) is 21.2 Å². The van der Waals surface area contributed by atoms with Crippen molar-refractivity contribution >= 4 is 27.8 Å². The molecule has 0 heterocycles. The Morgan fingerprint density at radius 2 is 1.73 bits per heavy atom. The van der Waals surface area contributed by atoms with Crippen molar-refractivity contribution in [2.45, 2.75) is 13.0 Å². The number of benzene rings is 2. The summed E-state index contributed by atoms with van der Waals surface area (Å²) in [7, 11) is 0. The highest BCUT2D eigenvalue weighted by atomic mass is 79.9. The number of rotatable bonds is 5. The molecular formula is C17H16BrNO3. The predicted octanol–water partition coefficient (Wildman–Crippen LogP) is 3.48. The second-order valence-electron chi connectivity index (χ2n) is 4.75. The third kappa shape index (κ3) is 4.43. The van der Waals surface area contributed by atoms with Crippen molar-refractivity contribution in [3.05, 3.63) is 70.2 Å². The molecule has 0 saturated carbocycles. The molecule has 0 aromatic heterocycles. The van der Waals surface area contributed by atoms with Gasteiger partial charge in [0.2, 0.25) is 0 Å². The number of carbonyl (C=O) groups excluding carboxylic acids is 2. The first-order chi connectivity index (χ1) is 10.6. The van der Waals surface area contributed by atoms with Gasteiger partial charge in [-0.3, -0.25) is 4.79 Å². The van der Waals surface area contributed by atoms with Gasteiger partial charge in [-0.15, -0.1) is 0 Å². The maximum Gasteiger partial charge on any atom is 0.338 e. The van der Waals surface area contributed by atoms with E-state index in [1.54, 1.807) is 24.3 Å². The van der Waals surface area contributed by atoms with Crippen LogP contribution in [0.25, 0.3) is 0 Å². The van der Waals surface area contributed by atoms with Crippen LogP contribution in [0.15, 0.2) is 59.1 Å². The van der Waals surface area contributed by atoms with E-state index in [1.807, 2.05) is 37.3 Å². The van der Waals surface area contributed by atoms with Gasteiger partial charge in [0, 0.05) is 4.47 Å². The van der Waals surface area contributed by atoms with Crippen molar-refractivity contribution < 1.29 is 14.3 Å². The summed E-state index contributed by atoms with van der Waals surface area (Å²) in [5, 5.41) is 2.80. The summed E-state index contributed by atoms with van der Waals surface area (Å²) in [6.45, 7) is 1.57. The van der Waals surface area contributed by atoms with Crippen LogP contribution in [0.5, 0.6) is 0 Å². The highest BCUT2D eigenvalue weighted by Crippen LogP contribution is 2.22. The zero-order valence-corrected chi connectivity index (χ0v) is 13.7. The number of ether oxygens (including phenoxy) is 1. The Hall–Kier alpha value is -2.14. The maximum atomic E-state index is 11.9. The number of halogens is 1. The molecule has 0 saturated heterocycles. The zero-order chi connectivity index (χ0) is 15.9. The van der Waals surface area contributed by atoms with Crippen molar-refractivity contribution in [2.24, 2.45) is 0 Å². The first-order valence-corrected chi connectivity index (χ1v) is 7.63. The molecule has 2 aromatic carbocycles. The lowest BCUT2D eigenvalue weighted by Gasteiger charge is -2.15. The number of hydrogen-bond donors (Lipinski definition) is 1. The SMILES string of the molecule is C[C@@H](NC(=O)COC(=O)c1ccccc1)c1ccccc1Br. The lowest BCUT2D eigenvalue weighted by Crippen LogP contribution is -2.31. The van der Waals surface area contributed by atoms with Crippen molar-refractivity contribution in [3.63, 3.8) is 0 Å². The molecule has 0 aliphatic carbocycles. The minimum Gasteiger partial charge on any atom is -0.452 e. The van der Waals surface area contributed by atoms with E-state index < -0.39 is 5.97 Å². The Labute approximate surface area is 137 Å². The second-order valence-corrected chi connectivity index (χ2v) is 5.61. The molecule has 1 atom stereocenters. The van der Waals surface area contributed by atoms with Crippen molar-refractivity contribution in [2.75, 3.05) is 6.61 Å². The molecule has 1 N–H and O–H groups in total. The van der Waals surface area contributed by atoms with Gasteiger partial charge in [-0.25, -0.2) is 4.79 Å². The summed E-state index contributed by atoms with van der Waals surface area (Å²) >= 11 is 3.44. The van der Waals surface area contributed by atoms with Crippen LogP contribution in [0, 0.1) is 0 Å². The monoisotopic (exact) mass is 361 g/mol. The van der Waals surface area contributed by atoms with Gasteiger partial charge in [0.25, 0.3) is 5.91 Å².